The van der Waals surface area contributed by atoms with E-state index >= 15 is 0 Å². The van der Waals surface area contributed by atoms with Crippen LogP contribution in [0, 0.1) is 0 Å². The first kappa shape index (κ1) is 15.4. The van der Waals surface area contributed by atoms with Gasteiger partial charge in [0.05, 0.1) is 6.54 Å². The molecule has 1 aromatic rings. The number of hydrogen-bond acceptors (Lipinski definition) is 2. The van der Waals surface area contributed by atoms with Crippen molar-refractivity contribution in [2.45, 2.75) is 26.3 Å². The van der Waals surface area contributed by atoms with Gasteiger partial charge in [-0.15, -0.1) is 0 Å². The van der Waals surface area contributed by atoms with E-state index in [2.05, 4.69) is 16.0 Å². The first-order chi connectivity index (χ1) is 9.02. The molecule has 0 spiro atoms. The van der Waals surface area contributed by atoms with Crippen LogP contribution in [0.25, 0.3) is 0 Å². The van der Waals surface area contributed by atoms with Crippen LogP contribution in [0.4, 0.5) is 19.3 Å². The van der Waals surface area contributed by atoms with Crippen LogP contribution in [0.2, 0.25) is 0 Å². The third-order valence-electron chi connectivity index (χ3n) is 2.57. The summed E-state index contributed by atoms with van der Waals surface area (Å²) in [5.74, 6) is 0. The van der Waals surface area contributed by atoms with Crippen LogP contribution < -0.4 is 16.0 Å². The molecule has 1 aromatic carbocycles. The average Bonchev–Trinajstić information content (AvgIpc) is 2.37. The fourth-order valence-electron chi connectivity index (χ4n) is 1.65. The van der Waals surface area contributed by atoms with Crippen molar-refractivity contribution in [3.05, 3.63) is 29.8 Å². The number of carbonyl (C=O) groups excluding carboxylic acids is 1. The van der Waals surface area contributed by atoms with Crippen LogP contribution >= 0.6 is 0 Å². The minimum Gasteiger partial charge on any atom is -0.332 e. The van der Waals surface area contributed by atoms with Gasteiger partial charge in [0.15, 0.2) is 0 Å². The molecular formula is C13H19F2N3O. The van der Waals surface area contributed by atoms with E-state index < -0.39 is 19.0 Å². The third-order valence-corrected chi connectivity index (χ3v) is 2.57. The summed E-state index contributed by atoms with van der Waals surface area (Å²) in [5.41, 5.74) is 1.60. The largest absolute Gasteiger partial charge is 0.332 e. The molecule has 0 heterocycles. The number of benzene rings is 1. The summed E-state index contributed by atoms with van der Waals surface area (Å²) in [6, 6.07) is 6.81. The summed E-state index contributed by atoms with van der Waals surface area (Å²) in [5, 5.41) is 7.87. The highest BCUT2D eigenvalue weighted by Gasteiger charge is 2.08. The SMILES string of the molecule is CCNC(C)c1cccc(NC(=O)NCC(F)F)c1. The number of halogens is 2. The molecule has 106 valence electrons. The van der Waals surface area contributed by atoms with E-state index in [1.165, 1.54) is 0 Å². The zero-order valence-corrected chi connectivity index (χ0v) is 11.0. The van der Waals surface area contributed by atoms with E-state index in [1.54, 1.807) is 6.07 Å². The fraction of sp³-hybridized carbons (Fsp3) is 0.462. The number of carbonyl (C=O) groups is 1. The molecule has 1 unspecified atom stereocenters. The lowest BCUT2D eigenvalue weighted by molar-refractivity contribution is 0.148. The molecule has 1 atom stereocenters. The molecule has 1 rings (SSSR count). The molecule has 0 fully saturated rings. The molecule has 0 aliphatic rings. The first-order valence-corrected chi connectivity index (χ1v) is 6.19. The highest BCUT2D eigenvalue weighted by Crippen LogP contribution is 2.17. The summed E-state index contributed by atoms with van der Waals surface area (Å²) >= 11 is 0. The molecule has 6 heteroatoms. The van der Waals surface area contributed by atoms with Gasteiger partial charge in [0.1, 0.15) is 0 Å². The van der Waals surface area contributed by atoms with E-state index in [1.807, 2.05) is 32.0 Å². The van der Waals surface area contributed by atoms with Crippen molar-refractivity contribution in [3.8, 4) is 0 Å². The van der Waals surface area contributed by atoms with Crippen molar-refractivity contribution in [2.24, 2.45) is 0 Å². The van der Waals surface area contributed by atoms with Crippen molar-refractivity contribution >= 4 is 11.7 Å². The number of hydrogen-bond donors (Lipinski definition) is 3. The smallest absolute Gasteiger partial charge is 0.319 e. The molecule has 0 saturated heterocycles. The van der Waals surface area contributed by atoms with Gasteiger partial charge in [-0.25, -0.2) is 13.6 Å². The summed E-state index contributed by atoms with van der Waals surface area (Å²) in [6.45, 7) is 4.21. The number of anilines is 1. The zero-order chi connectivity index (χ0) is 14.3. The minimum atomic E-state index is -2.55. The average molecular weight is 271 g/mol. The molecule has 0 saturated carbocycles. The Balaban J connectivity index is 2.59. The number of urea groups is 1. The maximum atomic E-state index is 11.9. The van der Waals surface area contributed by atoms with Crippen LogP contribution in [-0.4, -0.2) is 25.5 Å². The molecule has 2 amide bonds. The van der Waals surface area contributed by atoms with Crippen molar-refractivity contribution in [1.29, 1.82) is 0 Å². The summed E-state index contributed by atoms with van der Waals surface area (Å²) in [4.78, 5) is 11.4. The van der Waals surface area contributed by atoms with Gasteiger partial charge in [-0.3, -0.25) is 0 Å². The normalized spacial score (nSPS) is 12.3. The standard InChI is InChI=1S/C13H19F2N3O/c1-3-16-9(2)10-5-4-6-11(7-10)18-13(19)17-8-12(14)15/h4-7,9,12,16H,3,8H2,1-2H3,(H2,17,18,19). The Labute approximate surface area is 111 Å². The summed E-state index contributed by atoms with van der Waals surface area (Å²) < 4.78 is 23.9. The molecule has 19 heavy (non-hydrogen) atoms. The van der Waals surface area contributed by atoms with E-state index in [4.69, 9.17) is 0 Å². The van der Waals surface area contributed by atoms with Crippen LogP contribution in [0.15, 0.2) is 24.3 Å². The number of amides is 2. The van der Waals surface area contributed by atoms with Gasteiger partial charge in [-0.05, 0) is 31.2 Å². The van der Waals surface area contributed by atoms with E-state index in [9.17, 15) is 13.6 Å². The predicted molar refractivity (Wildman–Crippen MR) is 71.6 cm³/mol. The van der Waals surface area contributed by atoms with Gasteiger partial charge in [0.25, 0.3) is 6.43 Å². The highest BCUT2D eigenvalue weighted by atomic mass is 19.3. The summed E-state index contributed by atoms with van der Waals surface area (Å²) in [6.07, 6.45) is -2.55. The molecule has 4 nitrogen and oxygen atoms in total. The number of alkyl halides is 2. The van der Waals surface area contributed by atoms with Gasteiger partial charge in [0.2, 0.25) is 0 Å². The maximum Gasteiger partial charge on any atom is 0.319 e. The van der Waals surface area contributed by atoms with Gasteiger partial charge in [0, 0.05) is 11.7 Å². The molecule has 0 aliphatic heterocycles. The lowest BCUT2D eigenvalue weighted by Crippen LogP contribution is -2.32. The van der Waals surface area contributed by atoms with Crippen molar-refractivity contribution < 1.29 is 13.6 Å². The lowest BCUT2D eigenvalue weighted by atomic mass is 10.1. The second kappa shape index (κ2) is 7.68. The molecular weight excluding hydrogens is 252 g/mol. The van der Waals surface area contributed by atoms with Crippen molar-refractivity contribution in [2.75, 3.05) is 18.4 Å². The Morgan fingerprint density at radius 3 is 2.74 bits per heavy atom. The van der Waals surface area contributed by atoms with E-state index in [0.717, 1.165) is 12.1 Å². The van der Waals surface area contributed by atoms with Crippen LogP contribution in [0.1, 0.15) is 25.5 Å². The molecule has 0 aliphatic carbocycles. The minimum absolute atomic E-state index is 0.163. The van der Waals surface area contributed by atoms with Gasteiger partial charge < -0.3 is 16.0 Å². The second-order valence-corrected chi connectivity index (χ2v) is 4.13. The Morgan fingerprint density at radius 2 is 2.11 bits per heavy atom. The van der Waals surface area contributed by atoms with Crippen molar-refractivity contribution in [3.63, 3.8) is 0 Å². The third kappa shape index (κ3) is 5.65. The molecule has 0 bridgehead atoms. The molecule has 3 N–H and O–H groups in total. The Bertz CT molecular complexity index is 413. The first-order valence-electron chi connectivity index (χ1n) is 6.19. The molecule has 0 radical (unpaired) electrons. The number of rotatable bonds is 6. The van der Waals surface area contributed by atoms with Crippen LogP contribution in [0.5, 0.6) is 0 Å². The fourth-order valence-corrected chi connectivity index (χ4v) is 1.65. The van der Waals surface area contributed by atoms with E-state index in [-0.39, 0.29) is 6.04 Å². The summed E-state index contributed by atoms with van der Waals surface area (Å²) in [7, 11) is 0. The van der Waals surface area contributed by atoms with Gasteiger partial charge >= 0.3 is 6.03 Å². The highest BCUT2D eigenvalue weighted by molar-refractivity contribution is 5.89. The van der Waals surface area contributed by atoms with Crippen LogP contribution in [0.3, 0.4) is 0 Å². The lowest BCUT2D eigenvalue weighted by Gasteiger charge is -2.14. The quantitative estimate of drug-likeness (QED) is 0.745. The number of nitrogens with one attached hydrogen (secondary N) is 3. The zero-order valence-electron chi connectivity index (χ0n) is 11.0. The van der Waals surface area contributed by atoms with E-state index in [0.29, 0.717) is 5.69 Å². The van der Waals surface area contributed by atoms with Crippen molar-refractivity contribution in [1.82, 2.24) is 10.6 Å². The Hall–Kier alpha value is -1.69. The Kier molecular flexibility index (Phi) is 6.21. The van der Waals surface area contributed by atoms with Crippen LogP contribution in [-0.2, 0) is 0 Å². The monoisotopic (exact) mass is 271 g/mol. The predicted octanol–water partition coefficient (Wildman–Crippen LogP) is 2.74. The topological polar surface area (TPSA) is 53.2 Å². The van der Waals surface area contributed by atoms with Gasteiger partial charge in [-0.2, -0.15) is 0 Å². The van der Waals surface area contributed by atoms with Gasteiger partial charge in [-0.1, -0.05) is 19.1 Å². The second-order valence-electron chi connectivity index (χ2n) is 4.13. The Morgan fingerprint density at radius 1 is 1.37 bits per heavy atom. The maximum absolute atomic E-state index is 11.9. The molecule has 0 aromatic heterocycles.